The average molecular weight is 411 g/mol. The molecule has 0 bridgehead atoms. The predicted molar refractivity (Wildman–Crippen MR) is 129 cm³/mol. The fraction of sp³-hybridized carbons (Fsp3) is 0. The summed E-state index contributed by atoms with van der Waals surface area (Å²) in [7, 11) is 0. The molecule has 0 spiro atoms. The van der Waals surface area contributed by atoms with Crippen LogP contribution >= 0.6 is 0 Å². The van der Waals surface area contributed by atoms with Crippen LogP contribution in [0.25, 0.3) is 66.1 Å². The van der Waals surface area contributed by atoms with Crippen molar-refractivity contribution in [3.05, 3.63) is 91.0 Å². The summed E-state index contributed by atoms with van der Waals surface area (Å²) in [6.07, 6.45) is 0. The molecule has 0 amide bonds. The van der Waals surface area contributed by atoms with Gasteiger partial charge in [-0.15, -0.1) is 10.2 Å². The number of benzene rings is 4. The third-order valence-electron chi connectivity index (χ3n) is 6.21. The van der Waals surface area contributed by atoms with E-state index in [9.17, 15) is 0 Å². The summed E-state index contributed by atoms with van der Waals surface area (Å²) in [5.41, 5.74) is 7.95. The number of hydrogen-bond acceptors (Lipinski definition) is 3. The van der Waals surface area contributed by atoms with E-state index in [0.29, 0.717) is 0 Å². The third kappa shape index (κ3) is 2.42. The summed E-state index contributed by atoms with van der Waals surface area (Å²) in [6.45, 7) is 0. The molecule has 7 aromatic rings. The summed E-state index contributed by atoms with van der Waals surface area (Å²) in [5.74, 6) is 0. The number of aromatic nitrogens is 5. The SMILES string of the molecule is c1ccc2c(c1)[nH]c1c(-c3cc(-c4cccc5c4[nH]c4ccccc45)nnn3)cccc12. The highest BCUT2D eigenvalue weighted by molar-refractivity contribution is 6.13. The van der Waals surface area contributed by atoms with Crippen molar-refractivity contribution in [2.45, 2.75) is 0 Å². The molecular weight excluding hydrogens is 394 g/mol. The standard InChI is InChI=1S/C27H17N5/c1-3-13-22-16(7-1)18-9-5-11-20(26(18)28-22)24-15-25(31-32-30-24)21-12-6-10-19-17-8-2-4-14-23(17)29-27(19)21/h1-15,28-29H. The first-order chi connectivity index (χ1) is 15.9. The lowest BCUT2D eigenvalue weighted by Gasteiger charge is -2.06. The molecule has 0 radical (unpaired) electrons. The van der Waals surface area contributed by atoms with Crippen molar-refractivity contribution in [2.24, 2.45) is 0 Å². The average Bonchev–Trinajstić information content (AvgIpc) is 3.42. The molecule has 0 aliphatic rings. The van der Waals surface area contributed by atoms with Crippen LogP contribution in [0.5, 0.6) is 0 Å². The second-order valence-electron chi connectivity index (χ2n) is 8.00. The Morgan fingerprint density at radius 3 is 1.47 bits per heavy atom. The Morgan fingerprint density at radius 2 is 0.938 bits per heavy atom. The quantitative estimate of drug-likeness (QED) is 0.342. The van der Waals surface area contributed by atoms with Crippen molar-refractivity contribution in [3.8, 4) is 22.5 Å². The maximum atomic E-state index is 4.39. The van der Waals surface area contributed by atoms with Crippen LogP contribution in [0.1, 0.15) is 0 Å². The van der Waals surface area contributed by atoms with Gasteiger partial charge in [-0.05, 0) is 23.4 Å². The van der Waals surface area contributed by atoms with E-state index in [0.717, 1.165) is 44.6 Å². The topological polar surface area (TPSA) is 70.2 Å². The smallest absolute Gasteiger partial charge is 0.0990 e. The molecular formula is C27H17N5. The number of nitrogens with one attached hydrogen (secondary N) is 2. The Morgan fingerprint density at radius 1 is 0.469 bits per heavy atom. The summed E-state index contributed by atoms with van der Waals surface area (Å²) in [6, 6.07) is 31.3. The Balaban J connectivity index is 1.45. The number of H-pyrrole nitrogens is 2. The van der Waals surface area contributed by atoms with Crippen LogP contribution in [0.3, 0.4) is 0 Å². The lowest BCUT2D eigenvalue weighted by Crippen LogP contribution is -1.95. The molecule has 0 saturated heterocycles. The fourth-order valence-electron chi connectivity index (χ4n) is 4.74. The fourth-order valence-corrected chi connectivity index (χ4v) is 4.74. The molecule has 150 valence electrons. The van der Waals surface area contributed by atoms with E-state index in [4.69, 9.17) is 0 Å². The van der Waals surface area contributed by atoms with Crippen LogP contribution in [0, 0.1) is 0 Å². The minimum Gasteiger partial charge on any atom is -0.354 e. The lowest BCUT2D eigenvalue weighted by atomic mass is 10.0. The van der Waals surface area contributed by atoms with Gasteiger partial charge in [0.15, 0.2) is 0 Å². The van der Waals surface area contributed by atoms with Gasteiger partial charge in [0.25, 0.3) is 0 Å². The van der Waals surface area contributed by atoms with Crippen LogP contribution in [-0.2, 0) is 0 Å². The zero-order chi connectivity index (χ0) is 21.1. The van der Waals surface area contributed by atoms with Crippen molar-refractivity contribution in [1.29, 1.82) is 0 Å². The van der Waals surface area contributed by atoms with Crippen LogP contribution in [-0.4, -0.2) is 25.4 Å². The second kappa shape index (κ2) is 6.49. The number of fused-ring (bicyclic) bond motifs is 6. The van der Waals surface area contributed by atoms with E-state index < -0.39 is 0 Å². The van der Waals surface area contributed by atoms with E-state index in [1.54, 1.807) is 0 Å². The minimum absolute atomic E-state index is 0.792. The van der Waals surface area contributed by atoms with Gasteiger partial charge in [-0.25, -0.2) is 0 Å². The number of rotatable bonds is 2. The lowest BCUT2D eigenvalue weighted by molar-refractivity contribution is 0.877. The second-order valence-corrected chi connectivity index (χ2v) is 8.00. The van der Waals surface area contributed by atoms with Gasteiger partial charge in [-0.2, -0.15) is 0 Å². The number of para-hydroxylation sites is 4. The van der Waals surface area contributed by atoms with Gasteiger partial charge in [-0.1, -0.05) is 72.8 Å². The molecule has 5 heteroatoms. The number of hydrogen-bond donors (Lipinski definition) is 2. The highest BCUT2D eigenvalue weighted by atomic mass is 15.3. The Bertz CT molecular complexity index is 1660. The zero-order valence-corrected chi connectivity index (χ0v) is 17.0. The number of nitrogens with zero attached hydrogens (tertiary/aromatic N) is 3. The van der Waals surface area contributed by atoms with E-state index >= 15 is 0 Å². The molecule has 7 rings (SSSR count). The summed E-state index contributed by atoms with van der Waals surface area (Å²) in [5, 5.41) is 17.7. The largest absolute Gasteiger partial charge is 0.354 e. The van der Waals surface area contributed by atoms with Crippen molar-refractivity contribution >= 4 is 43.6 Å². The van der Waals surface area contributed by atoms with E-state index in [-0.39, 0.29) is 0 Å². The first-order valence-electron chi connectivity index (χ1n) is 10.6. The minimum atomic E-state index is 0.792. The van der Waals surface area contributed by atoms with Gasteiger partial charge in [-0.3, -0.25) is 0 Å². The molecule has 0 saturated carbocycles. The van der Waals surface area contributed by atoms with E-state index in [1.807, 2.05) is 18.2 Å². The molecule has 0 aliphatic heterocycles. The predicted octanol–water partition coefficient (Wildman–Crippen LogP) is 6.47. The first kappa shape index (κ1) is 17.2. The van der Waals surface area contributed by atoms with Gasteiger partial charge in [0, 0.05) is 43.7 Å². The van der Waals surface area contributed by atoms with Gasteiger partial charge < -0.3 is 9.97 Å². The highest BCUT2D eigenvalue weighted by Gasteiger charge is 2.15. The van der Waals surface area contributed by atoms with E-state index in [1.165, 1.54) is 21.5 Å². The van der Waals surface area contributed by atoms with Gasteiger partial charge in [0.05, 0.1) is 22.4 Å². The Hall–Kier alpha value is -4.51. The molecule has 0 unspecified atom stereocenters. The monoisotopic (exact) mass is 411 g/mol. The maximum Gasteiger partial charge on any atom is 0.0990 e. The molecule has 2 N–H and O–H groups in total. The Labute approximate surface area is 182 Å². The summed E-state index contributed by atoms with van der Waals surface area (Å²) >= 11 is 0. The Kier molecular flexibility index (Phi) is 3.49. The van der Waals surface area contributed by atoms with Crippen LogP contribution in [0.2, 0.25) is 0 Å². The third-order valence-corrected chi connectivity index (χ3v) is 6.21. The van der Waals surface area contributed by atoms with E-state index in [2.05, 4.69) is 98.2 Å². The van der Waals surface area contributed by atoms with Gasteiger partial charge in [0.1, 0.15) is 0 Å². The van der Waals surface area contributed by atoms with Crippen LogP contribution in [0.15, 0.2) is 91.0 Å². The molecule has 0 atom stereocenters. The molecule has 32 heavy (non-hydrogen) atoms. The molecule has 3 heterocycles. The van der Waals surface area contributed by atoms with Crippen molar-refractivity contribution in [2.75, 3.05) is 0 Å². The van der Waals surface area contributed by atoms with Crippen LogP contribution < -0.4 is 0 Å². The molecule has 3 aromatic heterocycles. The molecule has 4 aromatic carbocycles. The van der Waals surface area contributed by atoms with Crippen molar-refractivity contribution < 1.29 is 0 Å². The van der Waals surface area contributed by atoms with Gasteiger partial charge >= 0.3 is 0 Å². The van der Waals surface area contributed by atoms with Crippen molar-refractivity contribution in [1.82, 2.24) is 25.4 Å². The summed E-state index contributed by atoms with van der Waals surface area (Å²) < 4.78 is 0. The first-order valence-corrected chi connectivity index (χ1v) is 10.6. The number of aromatic amines is 2. The van der Waals surface area contributed by atoms with Crippen LogP contribution in [0.4, 0.5) is 0 Å². The molecule has 5 nitrogen and oxygen atoms in total. The van der Waals surface area contributed by atoms with Crippen molar-refractivity contribution in [3.63, 3.8) is 0 Å². The maximum absolute atomic E-state index is 4.39. The highest BCUT2D eigenvalue weighted by Crippen LogP contribution is 2.35. The molecule has 0 aliphatic carbocycles. The van der Waals surface area contributed by atoms with Gasteiger partial charge in [0.2, 0.25) is 0 Å². The normalized spacial score (nSPS) is 11.8. The zero-order valence-electron chi connectivity index (χ0n) is 17.0. The summed E-state index contributed by atoms with van der Waals surface area (Å²) in [4.78, 5) is 7.11. The molecule has 0 fully saturated rings.